The summed E-state index contributed by atoms with van der Waals surface area (Å²) >= 11 is 0. The number of carbonyl (C=O) groups is 1. The summed E-state index contributed by atoms with van der Waals surface area (Å²) in [5.74, 6) is -1.20. The van der Waals surface area contributed by atoms with Gasteiger partial charge in [-0.25, -0.2) is 0 Å². The smallest absolute Gasteiger partial charge is 0.417 e. The topological polar surface area (TPSA) is 60.3 Å². The molecule has 1 amide bonds. The molecule has 2 aromatic rings. The van der Waals surface area contributed by atoms with Crippen molar-refractivity contribution < 1.29 is 31.5 Å². The van der Waals surface area contributed by atoms with Gasteiger partial charge in [0.25, 0.3) is 5.56 Å². The second kappa shape index (κ2) is 7.32. The molecule has 1 N–H and O–H groups in total. The molecule has 0 bridgehead atoms. The maximum absolute atomic E-state index is 12.7. The lowest BCUT2D eigenvalue weighted by atomic mass is 10.2. The molecule has 0 aliphatic rings. The van der Waals surface area contributed by atoms with Crippen LogP contribution in [0, 0.1) is 0 Å². The number of rotatable bonds is 5. The summed E-state index contributed by atoms with van der Waals surface area (Å²) in [4.78, 5) is 23.5. The van der Waals surface area contributed by atoms with Crippen molar-refractivity contribution in [2.24, 2.45) is 0 Å². The highest BCUT2D eigenvalue weighted by Crippen LogP contribution is 2.28. The monoisotopic (exact) mass is 362 g/mol. The SMILES string of the molecule is O=C(Cn1cc(C(F)(F)F)ccc1=O)Nc1ccccc1OC(F)F. The van der Waals surface area contributed by atoms with Gasteiger partial charge in [-0.15, -0.1) is 0 Å². The number of hydrogen-bond acceptors (Lipinski definition) is 3. The van der Waals surface area contributed by atoms with Crippen LogP contribution in [-0.4, -0.2) is 17.1 Å². The maximum atomic E-state index is 12.7. The molecule has 25 heavy (non-hydrogen) atoms. The second-order valence-electron chi connectivity index (χ2n) is 4.80. The Labute approximate surface area is 137 Å². The van der Waals surface area contributed by atoms with E-state index < -0.39 is 36.4 Å². The zero-order valence-electron chi connectivity index (χ0n) is 12.4. The fourth-order valence-electron chi connectivity index (χ4n) is 1.94. The van der Waals surface area contributed by atoms with Gasteiger partial charge < -0.3 is 14.6 Å². The molecule has 0 aliphatic carbocycles. The van der Waals surface area contributed by atoms with Gasteiger partial charge >= 0.3 is 12.8 Å². The molecule has 5 nitrogen and oxygen atoms in total. The van der Waals surface area contributed by atoms with Crippen molar-refractivity contribution in [1.29, 1.82) is 0 Å². The molecular weight excluding hydrogens is 351 g/mol. The van der Waals surface area contributed by atoms with Crippen LogP contribution in [0.2, 0.25) is 0 Å². The number of pyridine rings is 1. The normalized spacial score (nSPS) is 11.4. The summed E-state index contributed by atoms with van der Waals surface area (Å²) in [6, 6.07) is 6.56. The van der Waals surface area contributed by atoms with Crippen molar-refractivity contribution in [3.05, 3.63) is 58.5 Å². The van der Waals surface area contributed by atoms with Crippen LogP contribution in [-0.2, 0) is 17.5 Å². The summed E-state index contributed by atoms with van der Waals surface area (Å²) < 4.78 is 67.4. The first-order valence-corrected chi connectivity index (χ1v) is 6.78. The van der Waals surface area contributed by atoms with E-state index >= 15 is 0 Å². The van der Waals surface area contributed by atoms with Gasteiger partial charge in [-0.1, -0.05) is 12.1 Å². The van der Waals surface area contributed by atoms with Gasteiger partial charge in [-0.05, 0) is 18.2 Å². The predicted molar refractivity (Wildman–Crippen MR) is 77.4 cm³/mol. The van der Waals surface area contributed by atoms with Gasteiger partial charge in [-0.2, -0.15) is 22.0 Å². The summed E-state index contributed by atoms with van der Waals surface area (Å²) in [5.41, 5.74) is -2.02. The number of alkyl halides is 5. The highest BCUT2D eigenvalue weighted by Gasteiger charge is 2.31. The van der Waals surface area contributed by atoms with Crippen LogP contribution in [0.1, 0.15) is 5.56 Å². The average molecular weight is 362 g/mol. The Hall–Kier alpha value is -2.91. The minimum absolute atomic E-state index is 0.104. The maximum Gasteiger partial charge on any atom is 0.417 e. The number of para-hydroxylation sites is 2. The van der Waals surface area contributed by atoms with Crippen molar-refractivity contribution in [1.82, 2.24) is 4.57 Å². The minimum Gasteiger partial charge on any atom is -0.433 e. The highest BCUT2D eigenvalue weighted by atomic mass is 19.4. The van der Waals surface area contributed by atoms with E-state index in [9.17, 15) is 31.5 Å². The molecule has 0 saturated carbocycles. The number of amides is 1. The molecule has 1 aromatic carbocycles. The first-order valence-electron chi connectivity index (χ1n) is 6.78. The Morgan fingerprint density at radius 1 is 1.16 bits per heavy atom. The van der Waals surface area contributed by atoms with Crippen LogP contribution in [0.25, 0.3) is 0 Å². The lowest BCUT2D eigenvalue weighted by Crippen LogP contribution is -2.28. The Morgan fingerprint density at radius 2 is 1.84 bits per heavy atom. The van der Waals surface area contributed by atoms with Crippen LogP contribution in [0.4, 0.5) is 27.6 Å². The average Bonchev–Trinajstić information content (AvgIpc) is 2.50. The number of nitrogens with zero attached hydrogens (tertiary/aromatic N) is 1. The van der Waals surface area contributed by atoms with Crippen LogP contribution in [0.5, 0.6) is 5.75 Å². The second-order valence-corrected chi connectivity index (χ2v) is 4.80. The first kappa shape index (κ1) is 18.4. The summed E-state index contributed by atoms with van der Waals surface area (Å²) in [7, 11) is 0. The molecule has 0 fully saturated rings. The number of benzene rings is 1. The van der Waals surface area contributed by atoms with Gasteiger partial charge in [-0.3, -0.25) is 9.59 Å². The van der Waals surface area contributed by atoms with Crippen molar-refractivity contribution in [3.8, 4) is 5.75 Å². The number of ether oxygens (including phenoxy) is 1. The highest BCUT2D eigenvalue weighted by molar-refractivity contribution is 5.92. The number of halogens is 5. The van der Waals surface area contributed by atoms with Crippen molar-refractivity contribution in [3.63, 3.8) is 0 Å². The molecule has 10 heteroatoms. The minimum atomic E-state index is -4.68. The lowest BCUT2D eigenvalue weighted by molar-refractivity contribution is -0.138. The van der Waals surface area contributed by atoms with Gasteiger partial charge in [0.2, 0.25) is 5.91 Å². The summed E-state index contributed by atoms with van der Waals surface area (Å²) in [5, 5.41) is 2.21. The van der Waals surface area contributed by atoms with E-state index in [0.29, 0.717) is 22.9 Å². The van der Waals surface area contributed by atoms with E-state index in [0.717, 1.165) is 0 Å². The van der Waals surface area contributed by atoms with Gasteiger partial charge in [0.15, 0.2) is 0 Å². The summed E-state index contributed by atoms with van der Waals surface area (Å²) in [6.07, 6.45) is -4.17. The summed E-state index contributed by atoms with van der Waals surface area (Å²) in [6.45, 7) is -3.85. The zero-order valence-corrected chi connectivity index (χ0v) is 12.4. The van der Waals surface area contributed by atoms with Crippen molar-refractivity contribution in [2.75, 3.05) is 5.32 Å². The molecular formula is C15H11F5N2O3. The number of anilines is 1. The van der Waals surface area contributed by atoms with Crippen molar-refractivity contribution >= 4 is 11.6 Å². The van der Waals surface area contributed by atoms with E-state index in [4.69, 9.17) is 0 Å². The molecule has 1 aromatic heterocycles. The van der Waals surface area contributed by atoms with Crippen molar-refractivity contribution in [2.45, 2.75) is 19.3 Å². The Morgan fingerprint density at radius 3 is 2.48 bits per heavy atom. The third-order valence-electron chi connectivity index (χ3n) is 3.00. The molecule has 0 radical (unpaired) electrons. The van der Waals surface area contributed by atoms with Crippen LogP contribution in [0.3, 0.4) is 0 Å². The van der Waals surface area contributed by atoms with E-state index in [1.54, 1.807) is 0 Å². The third kappa shape index (κ3) is 5.03. The number of aromatic nitrogens is 1. The largest absolute Gasteiger partial charge is 0.433 e. The molecule has 134 valence electrons. The predicted octanol–water partition coefficient (Wildman–Crippen LogP) is 3.11. The number of nitrogens with one attached hydrogen (secondary N) is 1. The van der Waals surface area contributed by atoms with E-state index in [-0.39, 0.29) is 11.4 Å². The quantitative estimate of drug-likeness (QED) is 0.832. The van der Waals surface area contributed by atoms with E-state index in [2.05, 4.69) is 10.1 Å². The Bertz CT molecular complexity index is 817. The van der Waals surface area contributed by atoms with E-state index in [1.807, 2.05) is 0 Å². The molecule has 0 aliphatic heterocycles. The molecule has 0 unspecified atom stereocenters. The van der Waals surface area contributed by atoms with Crippen LogP contribution in [0.15, 0.2) is 47.4 Å². The van der Waals surface area contributed by atoms with Crippen LogP contribution >= 0.6 is 0 Å². The number of carbonyl (C=O) groups excluding carboxylic acids is 1. The Balaban J connectivity index is 2.18. The van der Waals surface area contributed by atoms with Gasteiger partial charge in [0.05, 0.1) is 11.3 Å². The Kier molecular flexibility index (Phi) is 5.40. The number of hydrogen-bond donors (Lipinski definition) is 1. The molecule has 0 atom stereocenters. The standard InChI is InChI=1S/C15H11F5N2O3/c16-14(17)25-11-4-2-1-3-10(11)21-12(23)8-22-7-9(15(18,19)20)5-6-13(22)24/h1-7,14H,8H2,(H,21,23). The van der Waals surface area contributed by atoms with Crippen LogP contribution < -0.4 is 15.6 Å². The molecule has 2 rings (SSSR count). The van der Waals surface area contributed by atoms with Gasteiger partial charge in [0, 0.05) is 12.3 Å². The molecule has 0 saturated heterocycles. The fourth-order valence-corrected chi connectivity index (χ4v) is 1.94. The first-order chi connectivity index (χ1) is 11.7. The molecule has 0 spiro atoms. The molecule has 1 heterocycles. The zero-order chi connectivity index (χ0) is 18.6. The van der Waals surface area contributed by atoms with E-state index in [1.165, 1.54) is 24.3 Å². The lowest BCUT2D eigenvalue weighted by Gasteiger charge is -2.13. The third-order valence-corrected chi connectivity index (χ3v) is 3.00. The fraction of sp³-hybridized carbons (Fsp3) is 0.200. The van der Waals surface area contributed by atoms with Gasteiger partial charge in [0.1, 0.15) is 12.3 Å².